The first-order chi connectivity index (χ1) is 14.5. The minimum absolute atomic E-state index is 0.0344. The molecule has 31 heavy (non-hydrogen) atoms. The smallest absolute Gasteiger partial charge is 0.297 e. The molecule has 2 aromatic carbocycles. The van der Waals surface area contributed by atoms with E-state index in [0.717, 1.165) is 11.1 Å². The van der Waals surface area contributed by atoms with Gasteiger partial charge in [0.25, 0.3) is 19.2 Å². The van der Waals surface area contributed by atoms with Crippen molar-refractivity contribution in [3.8, 4) is 0 Å². The third kappa shape index (κ3) is 13.5. The molecule has 2 rings (SSSR count). The Morgan fingerprint density at radius 1 is 0.742 bits per heavy atom. The van der Waals surface area contributed by atoms with Gasteiger partial charge < -0.3 is 14.6 Å². The molecule has 0 aliphatic carbocycles. The van der Waals surface area contributed by atoms with E-state index in [2.05, 4.69) is 4.74 Å². The maximum absolute atomic E-state index is 11.5. The highest BCUT2D eigenvalue weighted by atomic mass is 35.7. The van der Waals surface area contributed by atoms with Crippen molar-refractivity contribution in [3.05, 3.63) is 59.7 Å². The molecular formula is C20H29ClO8S2. The summed E-state index contributed by atoms with van der Waals surface area (Å²) in [6, 6.07) is 12.9. The lowest BCUT2D eigenvalue weighted by Gasteiger charge is -2.04. The molecule has 0 unspecified atom stereocenters. The molecule has 1 N–H and O–H groups in total. The van der Waals surface area contributed by atoms with E-state index in [1.807, 2.05) is 13.8 Å². The molecular weight excluding hydrogens is 468 g/mol. The Balaban J connectivity index is 0.000000492. The standard InChI is InChI=1S/C10H14O4S.C7H7ClO2S.C3H8O2/c1-9-3-5-10(6-4-9)15(11,12)14-8-7-13-2;1-6-2-4-7(5-3-6)11(8,9)10;1-5-3-2-4/h3-6H,7-8H2,1-2H3;2-5H,1H3;4H,2-3H2,1H3. The van der Waals surface area contributed by atoms with Crippen LogP contribution in [0.4, 0.5) is 0 Å². The summed E-state index contributed by atoms with van der Waals surface area (Å²) in [5.41, 5.74) is 2.01. The van der Waals surface area contributed by atoms with Gasteiger partial charge in [-0.05, 0) is 38.1 Å². The first-order valence-electron chi connectivity index (χ1n) is 9.04. The Bertz CT molecular complexity index is 940. The maximum atomic E-state index is 11.5. The number of aliphatic hydroxyl groups excluding tert-OH is 1. The van der Waals surface area contributed by atoms with Gasteiger partial charge in [-0.2, -0.15) is 8.42 Å². The number of hydrogen-bond acceptors (Lipinski definition) is 8. The largest absolute Gasteiger partial charge is 0.394 e. The van der Waals surface area contributed by atoms with Crippen molar-refractivity contribution in [2.75, 3.05) is 40.6 Å². The van der Waals surface area contributed by atoms with Crippen molar-refractivity contribution < 1.29 is 35.6 Å². The topological polar surface area (TPSA) is 116 Å². The van der Waals surface area contributed by atoms with Crippen molar-refractivity contribution in [1.82, 2.24) is 0 Å². The molecule has 0 amide bonds. The van der Waals surface area contributed by atoms with Gasteiger partial charge in [0.05, 0.1) is 36.2 Å². The van der Waals surface area contributed by atoms with Crippen LogP contribution in [0.5, 0.6) is 0 Å². The zero-order valence-electron chi connectivity index (χ0n) is 17.9. The third-order valence-corrected chi connectivity index (χ3v) is 6.13. The Hall–Kier alpha value is -1.53. The molecule has 0 saturated heterocycles. The van der Waals surface area contributed by atoms with Gasteiger partial charge in [0.15, 0.2) is 0 Å². The Labute approximate surface area is 189 Å². The quantitative estimate of drug-likeness (QED) is 0.337. The van der Waals surface area contributed by atoms with Gasteiger partial charge in [-0.15, -0.1) is 0 Å². The Morgan fingerprint density at radius 2 is 1.16 bits per heavy atom. The first-order valence-corrected chi connectivity index (χ1v) is 12.8. The first kappa shape index (κ1) is 29.5. The summed E-state index contributed by atoms with van der Waals surface area (Å²) in [5, 5.41) is 7.94. The summed E-state index contributed by atoms with van der Waals surface area (Å²) < 4.78 is 58.4. The Morgan fingerprint density at radius 3 is 1.48 bits per heavy atom. The van der Waals surface area contributed by atoms with E-state index in [1.54, 1.807) is 31.4 Å². The van der Waals surface area contributed by atoms with Crippen LogP contribution in [0.3, 0.4) is 0 Å². The van der Waals surface area contributed by atoms with E-state index >= 15 is 0 Å². The van der Waals surface area contributed by atoms with Crippen molar-refractivity contribution in [3.63, 3.8) is 0 Å². The van der Waals surface area contributed by atoms with Crippen molar-refractivity contribution in [2.45, 2.75) is 23.6 Å². The van der Waals surface area contributed by atoms with Crippen LogP contribution in [0, 0.1) is 13.8 Å². The monoisotopic (exact) mass is 496 g/mol. The van der Waals surface area contributed by atoms with Crippen LogP contribution in [0.25, 0.3) is 0 Å². The van der Waals surface area contributed by atoms with Crippen molar-refractivity contribution in [2.24, 2.45) is 0 Å². The van der Waals surface area contributed by atoms with Gasteiger partial charge in [0.1, 0.15) is 0 Å². The highest BCUT2D eigenvalue weighted by molar-refractivity contribution is 8.13. The molecule has 0 radical (unpaired) electrons. The average molecular weight is 497 g/mol. The molecule has 2 aromatic rings. The summed E-state index contributed by atoms with van der Waals surface area (Å²) in [5.74, 6) is 0. The van der Waals surface area contributed by atoms with Crippen LogP contribution in [0.15, 0.2) is 58.3 Å². The average Bonchev–Trinajstić information content (AvgIpc) is 2.70. The van der Waals surface area contributed by atoms with Gasteiger partial charge in [-0.3, -0.25) is 4.18 Å². The Kier molecular flexibility index (Phi) is 14.5. The molecule has 0 fully saturated rings. The lowest BCUT2D eigenvalue weighted by Crippen LogP contribution is -2.10. The van der Waals surface area contributed by atoms with Crippen LogP contribution in [-0.2, 0) is 32.8 Å². The van der Waals surface area contributed by atoms with E-state index < -0.39 is 19.2 Å². The predicted molar refractivity (Wildman–Crippen MR) is 119 cm³/mol. The van der Waals surface area contributed by atoms with Gasteiger partial charge in [-0.1, -0.05) is 35.4 Å². The zero-order valence-corrected chi connectivity index (χ0v) is 20.3. The maximum Gasteiger partial charge on any atom is 0.297 e. The molecule has 176 valence electrons. The van der Waals surface area contributed by atoms with E-state index in [0.29, 0.717) is 6.61 Å². The number of methoxy groups -OCH3 is 2. The summed E-state index contributed by atoms with van der Waals surface area (Å²) in [4.78, 5) is 0.314. The van der Waals surface area contributed by atoms with Crippen molar-refractivity contribution in [1.29, 1.82) is 0 Å². The summed E-state index contributed by atoms with van der Waals surface area (Å²) in [7, 11) is 0.946. The molecule has 0 bridgehead atoms. The second-order valence-electron chi connectivity index (χ2n) is 6.05. The number of benzene rings is 2. The van der Waals surface area contributed by atoms with E-state index in [1.165, 1.54) is 31.4 Å². The predicted octanol–water partition coefficient (Wildman–Crippen LogP) is 2.89. The number of aryl methyl sites for hydroxylation is 2. The van der Waals surface area contributed by atoms with Crippen molar-refractivity contribution >= 4 is 29.9 Å². The number of aliphatic hydroxyl groups is 1. The van der Waals surface area contributed by atoms with Gasteiger partial charge in [0.2, 0.25) is 0 Å². The molecule has 0 aliphatic heterocycles. The van der Waals surface area contributed by atoms with Crippen LogP contribution in [0.2, 0.25) is 0 Å². The molecule has 0 saturated carbocycles. The second kappa shape index (κ2) is 15.3. The fraction of sp³-hybridized carbons (Fsp3) is 0.400. The normalized spacial score (nSPS) is 11.0. The highest BCUT2D eigenvalue weighted by Gasteiger charge is 2.14. The minimum atomic E-state index is -3.63. The fourth-order valence-corrected chi connectivity index (χ4v) is 3.45. The molecule has 0 aliphatic rings. The summed E-state index contributed by atoms with van der Waals surface area (Å²) in [6.45, 7) is 4.63. The molecule has 0 heterocycles. The molecule has 0 aromatic heterocycles. The molecule has 0 atom stereocenters. The number of halogens is 1. The summed E-state index contributed by atoms with van der Waals surface area (Å²) >= 11 is 0. The minimum Gasteiger partial charge on any atom is -0.394 e. The lowest BCUT2D eigenvalue weighted by atomic mass is 10.2. The third-order valence-electron chi connectivity index (χ3n) is 3.43. The van der Waals surface area contributed by atoms with Crippen LogP contribution in [-0.4, -0.2) is 62.6 Å². The number of rotatable bonds is 8. The number of ether oxygens (including phenoxy) is 2. The van der Waals surface area contributed by atoms with E-state index in [-0.39, 0.29) is 29.6 Å². The zero-order chi connectivity index (χ0) is 23.9. The molecule has 8 nitrogen and oxygen atoms in total. The van der Waals surface area contributed by atoms with Crippen LogP contribution >= 0.6 is 10.7 Å². The summed E-state index contributed by atoms with van der Waals surface area (Å²) in [6.07, 6.45) is 0. The fourth-order valence-electron chi connectivity index (χ4n) is 1.79. The highest BCUT2D eigenvalue weighted by Crippen LogP contribution is 2.14. The second-order valence-corrected chi connectivity index (χ2v) is 10.2. The molecule has 0 spiro atoms. The van der Waals surface area contributed by atoms with Gasteiger partial charge in [0, 0.05) is 24.9 Å². The van der Waals surface area contributed by atoms with Crippen LogP contribution in [0.1, 0.15) is 11.1 Å². The van der Waals surface area contributed by atoms with E-state index in [9.17, 15) is 16.8 Å². The molecule has 11 heteroatoms. The van der Waals surface area contributed by atoms with Crippen LogP contribution < -0.4 is 0 Å². The number of hydrogen-bond donors (Lipinski definition) is 1. The SMILES string of the molecule is COCCO.COCCOS(=O)(=O)c1ccc(C)cc1.Cc1ccc(S(=O)(=O)Cl)cc1. The van der Waals surface area contributed by atoms with E-state index in [4.69, 9.17) is 24.7 Å². The van der Waals surface area contributed by atoms with Gasteiger partial charge in [-0.25, -0.2) is 8.42 Å². The lowest BCUT2D eigenvalue weighted by molar-refractivity contribution is 0.135. The van der Waals surface area contributed by atoms with Gasteiger partial charge >= 0.3 is 0 Å².